The van der Waals surface area contributed by atoms with E-state index in [1.807, 2.05) is 0 Å². The summed E-state index contributed by atoms with van der Waals surface area (Å²) in [4.78, 5) is 14.1. The second-order valence-corrected chi connectivity index (χ2v) is 5.98. The van der Waals surface area contributed by atoms with Crippen molar-refractivity contribution in [3.8, 4) is 0 Å². The van der Waals surface area contributed by atoms with Crippen molar-refractivity contribution in [3.05, 3.63) is 35.9 Å². The Labute approximate surface area is 115 Å². The van der Waals surface area contributed by atoms with E-state index in [9.17, 15) is 4.79 Å². The minimum Gasteiger partial charge on any atom is -0.300 e. The number of Topliss-reactive ketones (excluding diaryl/α,β-unsaturated/α-hetero) is 1. The Morgan fingerprint density at radius 2 is 1.53 bits per heavy atom. The van der Waals surface area contributed by atoms with E-state index >= 15 is 0 Å². The fourth-order valence-corrected chi connectivity index (χ4v) is 3.86. The van der Waals surface area contributed by atoms with Gasteiger partial charge in [0.1, 0.15) is 5.78 Å². The zero-order chi connectivity index (χ0) is 13.1. The fraction of sp³-hybridized carbons (Fsp3) is 0.588. The van der Waals surface area contributed by atoms with Crippen LogP contribution in [0, 0.1) is 0 Å². The molecule has 0 unspecified atom stereocenters. The first kappa shape index (κ1) is 12.9. The molecule has 0 radical (unpaired) electrons. The highest BCUT2D eigenvalue weighted by Gasteiger charge is 2.40. The van der Waals surface area contributed by atoms with Crippen molar-refractivity contribution in [2.45, 2.75) is 50.5 Å². The van der Waals surface area contributed by atoms with E-state index in [4.69, 9.17) is 0 Å². The summed E-state index contributed by atoms with van der Waals surface area (Å²) in [6, 6.07) is 11.0. The van der Waals surface area contributed by atoms with Crippen molar-refractivity contribution in [2.24, 2.45) is 0 Å². The van der Waals surface area contributed by atoms with E-state index < -0.39 is 0 Å². The normalized spacial score (nSPS) is 24.3. The number of carbonyl (C=O) groups excluding carboxylic acids is 1. The number of piperidine rings is 1. The summed E-state index contributed by atoms with van der Waals surface area (Å²) in [5, 5.41) is 0. The molecule has 0 bridgehead atoms. The van der Waals surface area contributed by atoms with E-state index in [0.717, 1.165) is 25.9 Å². The monoisotopic (exact) mass is 257 g/mol. The zero-order valence-electron chi connectivity index (χ0n) is 11.6. The van der Waals surface area contributed by atoms with Gasteiger partial charge in [-0.25, -0.2) is 0 Å². The third-order valence-electron chi connectivity index (χ3n) is 4.92. The SMILES string of the molecule is O=C1CCN(C2(c3ccccc3)CCCCC2)CC1. The lowest BCUT2D eigenvalue weighted by Crippen LogP contribution is -2.51. The Morgan fingerprint density at radius 3 is 2.16 bits per heavy atom. The minimum absolute atomic E-state index is 0.209. The fourth-order valence-electron chi connectivity index (χ4n) is 3.86. The van der Waals surface area contributed by atoms with Gasteiger partial charge in [0.25, 0.3) is 0 Å². The number of nitrogens with zero attached hydrogens (tertiary/aromatic N) is 1. The van der Waals surface area contributed by atoms with Gasteiger partial charge in [0.15, 0.2) is 0 Å². The highest BCUT2D eigenvalue weighted by molar-refractivity contribution is 5.79. The molecule has 2 aliphatic rings. The number of carbonyl (C=O) groups is 1. The second kappa shape index (κ2) is 5.46. The third kappa shape index (κ3) is 2.46. The minimum atomic E-state index is 0.209. The predicted molar refractivity (Wildman–Crippen MR) is 77.0 cm³/mol. The molecule has 2 nitrogen and oxygen atoms in total. The van der Waals surface area contributed by atoms with Crippen molar-refractivity contribution in [3.63, 3.8) is 0 Å². The van der Waals surface area contributed by atoms with Crippen LogP contribution in [0.4, 0.5) is 0 Å². The number of rotatable bonds is 2. The molecule has 19 heavy (non-hydrogen) atoms. The lowest BCUT2D eigenvalue weighted by molar-refractivity contribution is -0.123. The van der Waals surface area contributed by atoms with Gasteiger partial charge in [-0.3, -0.25) is 9.69 Å². The quantitative estimate of drug-likeness (QED) is 0.808. The molecule has 2 fully saturated rings. The molecule has 0 amide bonds. The topological polar surface area (TPSA) is 20.3 Å². The van der Waals surface area contributed by atoms with Gasteiger partial charge >= 0.3 is 0 Å². The molecular formula is C17H23NO. The number of likely N-dealkylation sites (tertiary alicyclic amines) is 1. The van der Waals surface area contributed by atoms with Crippen molar-refractivity contribution >= 4 is 5.78 Å². The summed E-state index contributed by atoms with van der Waals surface area (Å²) in [5.41, 5.74) is 1.67. The molecule has 3 rings (SSSR count). The third-order valence-corrected chi connectivity index (χ3v) is 4.92. The molecule has 1 heterocycles. The largest absolute Gasteiger partial charge is 0.300 e. The second-order valence-electron chi connectivity index (χ2n) is 5.98. The molecule has 1 saturated carbocycles. The summed E-state index contributed by atoms with van der Waals surface area (Å²) in [6.07, 6.45) is 8.00. The molecule has 1 aromatic rings. The van der Waals surface area contributed by atoms with Crippen LogP contribution in [-0.4, -0.2) is 23.8 Å². The smallest absolute Gasteiger partial charge is 0.135 e. The Hall–Kier alpha value is -1.15. The van der Waals surface area contributed by atoms with Crippen LogP contribution in [-0.2, 0) is 10.3 Å². The Bertz CT molecular complexity index is 424. The number of hydrogen-bond acceptors (Lipinski definition) is 2. The summed E-state index contributed by atoms with van der Waals surface area (Å²) in [7, 11) is 0. The maximum Gasteiger partial charge on any atom is 0.135 e. The molecular weight excluding hydrogens is 234 g/mol. The molecule has 0 aromatic heterocycles. The molecule has 1 aliphatic carbocycles. The van der Waals surface area contributed by atoms with Gasteiger partial charge in [0.2, 0.25) is 0 Å². The lowest BCUT2D eigenvalue weighted by Gasteiger charge is -2.48. The van der Waals surface area contributed by atoms with Gasteiger partial charge in [0.05, 0.1) is 0 Å². The molecule has 2 heteroatoms. The van der Waals surface area contributed by atoms with E-state index in [1.165, 1.54) is 37.7 Å². The van der Waals surface area contributed by atoms with Gasteiger partial charge in [-0.1, -0.05) is 49.6 Å². The van der Waals surface area contributed by atoms with Crippen molar-refractivity contribution < 1.29 is 4.79 Å². The van der Waals surface area contributed by atoms with Crippen LogP contribution in [0.5, 0.6) is 0 Å². The first-order valence-corrected chi connectivity index (χ1v) is 7.64. The predicted octanol–water partition coefficient (Wildman–Crippen LogP) is 3.51. The first-order valence-electron chi connectivity index (χ1n) is 7.64. The molecule has 102 valence electrons. The van der Waals surface area contributed by atoms with Crippen LogP contribution in [0.1, 0.15) is 50.5 Å². The average molecular weight is 257 g/mol. The molecule has 1 aromatic carbocycles. The molecule has 0 N–H and O–H groups in total. The summed E-state index contributed by atoms with van der Waals surface area (Å²) in [5.74, 6) is 0.440. The van der Waals surface area contributed by atoms with Crippen LogP contribution < -0.4 is 0 Å². The maximum atomic E-state index is 11.5. The summed E-state index contributed by atoms with van der Waals surface area (Å²) < 4.78 is 0. The molecule has 0 atom stereocenters. The van der Waals surface area contributed by atoms with Crippen LogP contribution in [0.15, 0.2) is 30.3 Å². The van der Waals surface area contributed by atoms with Crippen LogP contribution in [0.2, 0.25) is 0 Å². The number of benzene rings is 1. The first-order chi connectivity index (χ1) is 9.31. The number of ketones is 1. The van der Waals surface area contributed by atoms with Gasteiger partial charge in [-0.05, 0) is 18.4 Å². The van der Waals surface area contributed by atoms with Gasteiger partial charge in [-0.2, -0.15) is 0 Å². The number of hydrogen-bond donors (Lipinski definition) is 0. The zero-order valence-corrected chi connectivity index (χ0v) is 11.6. The van der Waals surface area contributed by atoms with Gasteiger partial charge < -0.3 is 0 Å². The van der Waals surface area contributed by atoms with Crippen molar-refractivity contribution in [1.82, 2.24) is 4.90 Å². The standard InChI is InChI=1S/C17H23NO/c19-16-9-13-18(14-10-16)17(11-5-2-6-12-17)15-7-3-1-4-8-15/h1,3-4,7-8H,2,5-6,9-14H2. The van der Waals surface area contributed by atoms with Gasteiger partial charge in [0, 0.05) is 31.5 Å². The van der Waals surface area contributed by atoms with E-state index in [0.29, 0.717) is 5.78 Å². The van der Waals surface area contributed by atoms with E-state index in [1.54, 1.807) is 0 Å². The van der Waals surface area contributed by atoms with Crippen LogP contribution in [0.3, 0.4) is 0 Å². The maximum absolute atomic E-state index is 11.5. The highest BCUT2D eigenvalue weighted by Crippen LogP contribution is 2.43. The average Bonchev–Trinajstić information content (AvgIpc) is 2.49. The van der Waals surface area contributed by atoms with Crippen LogP contribution >= 0.6 is 0 Å². The Kier molecular flexibility index (Phi) is 3.69. The van der Waals surface area contributed by atoms with Crippen LogP contribution in [0.25, 0.3) is 0 Å². The molecule has 1 aliphatic heterocycles. The molecule has 0 spiro atoms. The van der Waals surface area contributed by atoms with E-state index in [2.05, 4.69) is 35.2 Å². The lowest BCUT2D eigenvalue weighted by atomic mass is 9.74. The Balaban J connectivity index is 1.90. The summed E-state index contributed by atoms with van der Waals surface area (Å²) >= 11 is 0. The van der Waals surface area contributed by atoms with Crippen molar-refractivity contribution in [1.29, 1.82) is 0 Å². The van der Waals surface area contributed by atoms with Crippen molar-refractivity contribution in [2.75, 3.05) is 13.1 Å². The summed E-state index contributed by atoms with van der Waals surface area (Å²) in [6.45, 7) is 1.90. The molecule has 1 saturated heterocycles. The highest BCUT2D eigenvalue weighted by atomic mass is 16.1. The van der Waals surface area contributed by atoms with Gasteiger partial charge in [-0.15, -0.1) is 0 Å². The Morgan fingerprint density at radius 1 is 0.895 bits per heavy atom. The van der Waals surface area contributed by atoms with E-state index in [-0.39, 0.29) is 5.54 Å².